The van der Waals surface area contributed by atoms with Crippen molar-refractivity contribution in [3.05, 3.63) is 43.7 Å². The summed E-state index contributed by atoms with van der Waals surface area (Å²) in [5.74, 6) is 0.363. The van der Waals surface area contributed by atoms with Gasteiger partial charge in [-0.3, -0.25) is 9.69 Å². The molecule has 1 aliphatic heterocycles. The van der Waals surface area contributed by atoms with Crippen LogP contribution in [0.3, 0.4) is 0 Å². The molecule has 3 aromatic heterocycles. The van der Waals surface area contributed by atoms with E-state index in [9.17, 15) is 9.59 Å². The average Bonchev–Trinajstić information content (AvgIpc) is 3.41. The number of hydrogen-bond acceptors (Lipinski definition) is 7. The molecule has 3 amide bonds. The lowest BCUT2D eigenvalue weighted by molar-refractivity contribution is -0.132. The van der Waals surface area contributed by atoms with Crippen molar-refractivity contribution in [2.24, 2.45) is 0 Å². The molecule has 0 aromatic carbocycles. The number of nitrogens with one attached hydrogen (secondary N) is 1. The third-order valence-corrected chi connectivity index (χ3v) is 7.47. The van der Waals surface area contributed by atoms with Crippen molar-refractivity contribution < 1.29 is 14.0 Å². The topological polar surface area (TPSA) is 88.3 Å². The van der Waals surface area contributed by atoms with Crippen molar-refractivity contribution >= 4 is 50.5 Å². The van der Waals surface area contributed by atoms with Gasteiger partial charge in [0.2, 0.25) is 5.89 Å². The minimum atomic E-state index is -0.952. The van der Waals surface area contributed by atoms with E-state index in [1.165, 1.54) is 21.1 Å². The fraction of sp³-hybridized carbons (Fsp3) is 0.294. The van der Waals surface area contributed by atoms with Gasteiger partial charge in [0.25, 0.3) is 11.8 Å². The molecule has 27 heavy (non-hydrogen) atoms. The summed E-state index contributed by atoms with van der Waals surface area (Å²) in [5, 5.41) is 12.9. The molecular weight excluding hydrogens is 452 g/mol. The number of hydrogen-bond donors (Lipinski definition) is 1. The Balaban J connectivity index is 1.42. The van der Waals surface area contributed by atoms with E-state index in [-0.39, 0.29) is 18.3 Å². The zero-order valence-electron chi connectivity index (χ0n) is 13.9. The molecule has 10 heteroatoms. The SMILES string of the molecule is O=C1NC2(CCCc3sccc32)C(=O)N1Cc1nnc(-c2ccc(Br)s2)o1. The smallest absolute Gasteiger partial charge is 0.325 e. The lowest BCUT2D eigenvalue weighted by Crippen LogP contribution is -2.46. The third kappa shape index (κ3) is 2.66. The maximum absolute atomic E-state index is 13.2. The van der Waals surface area contributed by atoms with Gasteiger partial charge in [0, 0.05) is 10.4 Å². The highest BCUT2D eigenvalue weighted by Gasteiger charge is 2.54. The summed E-state index contributed by atoms with van der Waals surface area (Å²) in [6, 6.07) is 5.29. The maximum atomic E-state index is 13.2. The van der Waals surface area contributed by atoms with Gasteiger partial charge in [-0.1, -0.05) is 0 Å². The molecule has 0 bridgehead atoms. The van der Waals surface area contributed by atoms with E-state index in [2.05, 4.69) is 31.4 Å². The van der Waals surface area contributed by atoms with Gasteiger partial charge >= 0.3 is 6.03 Å². The summed E-state index contributed by atoms with van der Waals surface area (Å²) in [4.78, 5) is 28.9. The first-order valence-corrected chi connectivity index (χ1v) is 10.8. The molecule has 5 rings (SSSR count). The molecule has 1 unspecified atom stereocenters. The van der Waals surface area contributed by atoms with Crippen molar-refractivity contribution in [3.63, 3.8) is 0 Å². The highest BCUT2D eigenvalue weighted by atomic mass is 79.9. The number of amides is 3. The van der Waals surface area contributed by atoms with Crippen molar-refractivity contribution in [1.29, 1.82) is 0 Å². The highest BCUT2D eigenvalue weighted by molar-refractivity contribution is 9.11. The minimum absolute atomic E-state index is 0.0363. The van der Waals surface area contributed by atoms with Gasteiger partial charge in [-0.25, -0.2) is 4.79 Å². The molecule has 0 radical (unpaired) electrons. The van der Waals surface area contributed by atoms with Crippen LogP contribution in [-0.2, 0) is 23.3 Å². The van der Waals surface area contributed by atoms with Crippen LogP contribution in [0, 0.1) is 0 Å². The van der Waals surface area contributed by atoms with Crippen molar-refractivity contribution in [2.75, 3.05) is 0 Å². The number of nitrogens with zero attached hydrogens (tertiary/aromatic N) is 3. The van der Waals surface area contributed by atoms with Crippen LogP contribution in [0.1, 0.15) is 29.2 Å². The Morgan fingerprint density at radius 1 is 1.30 bits per heavy atom. The molecule has 1 saturated heterocycles. The number of carbonyl (C=O) groups excluding carboxylic acids is 2. The second kappa shape index (κ2) is 6.25. The molecule has 1 N–H and O–H groups in total. The van der Waals surface area contributed by atoms with E-state index in [1.807, 2.05) is 23.6 Å². The van der Waals surface area contributed by atoms with Crippen LogP contribution in [0.4, 0.5) is 4.79 Å². The quantitative estimate of drug-likeness (QED) is 0.593. The van der Waals surface area contributed by atoms with Gasteiger partial charge in [0.05, 0.1) is 8.66 Å². The Morgan fingerprint density at radius 2 is 2.19 bits per heavy atom. The van der Waals surface area contributed by atoms with Crippen LogP contribution in [-0.4, -0.2) is 27.0 Å². The summed E-state index contributed by atoms with van der Waals surface area (Å²) in [6.45, 7) is -0.0363. The number of aromatic nitrogens is 2. The molecule has 3 aromatic rings. The van der Waals surface area contributed by atoms with Gasteiger partial charge in [-0.2, -0.15) is 0 Å². The number of imide groups is 1. The monoisotopic (exact) mass is 464 g/mol. The first-order chi connectivity index (χ1) is 13.1. The Kier molecular flexibility index (Phi) is 3.95. The van der Waals surface area contributed by atoms with Crippen molar-refractivity contribution in [1.82, 2.24) is 20.4 Å². The summed E-state index contributed by atoms with van der Waals surface area (Å²) >= 11 is 6.50. The van der Waals surface area contributed by atoms with Gasteiger partial charge in [-0.15, -0.1) is 32.9 Å². The van der Waals surface area contributed by atoms with E-state index >= 15 is 0 Å². The summed E-state index contributed by atoms with van der Waals surface area (Å²) in [7, 11) is 0. The molecule has 4 heterocycles. The Labute approximate surface area is 170 Å². The molecule has 1 atom stereocenters. The Hall–Kier alpha value is -2.04. The predicted octanol–water partition coefficient (Wildman–Crippen LogP) is 3.91. The van der Waals surface area contributed by atoms with E-state index in [1.54, 1.807) is 11.3 Å². The van der Waals surface area contributed by atoms with Gasteiger partial charge in [0.1, 0.15) is 12.1 Å². The van der Waals surface area contributed by atoms with Crippen LogP contribution in [0.15, 0.2) is 31.8 Å². The summed E-state index contributed by atoms with van der Waals surface area (Å²) < 4.78 is 6.62. The molecule has 1 fully saturated rings. The number of urea groups is 1. The standard InChI is InChI=1S/C17H13BrN4O3S2/c18-12-4-3-11(27-12)14-21-20-13(25-14)8-22-15(23)17(19-16(22)24)6-1-2-10-9(17)5-7-26-10/h3-5,7H,1-2,6,8H2,(H,19,24). The van der Waals surface area contributed by atoms with Gasteiger partial charge < -0.3 is 9.73 Å². The second-order valence-electron chi connectivity index (χ2n) is 6.44. The molecule has 2 aliphatic rings. The highest BCUT2D eigenvalue weighted by Crippen LogP contribution is 2.42. The zero-order chi connectivity index (χ0) is 18.6. The van der Waals surface area contributed by atoms with Crippen molar-refractivity contribution in [3.8, 4) is 10.8 Å². The number of rotatable bonds is 3. The van der Waals surface area contributed by atoms with E-state index in [4.69, 9.17) is 4.42 Å². The number of thiophene rings is 2. The largest absolute Gasteiger partial charge is 0.418 e. The average molecular weight is 465 g/mol. The number of fused-ring (bicyclic) bond motifs is 2. The first-order valence-electron chi connectivity index (χ1n) is 8.36. The number of aryl methyl sites for hydroxylation is 1. The third-order valence-electron chi connectivity index (χ3n) is 4.88. The first kappa shape index (κ1) is 17.1. The normalized spacial score (nSPS) is 21.7. The maximum Gasteiger partial charge on any atom is 0.325 e. The molecule has 1 spiro atoms. The van der Waals surface area contributed by atoms with E-state index < -0.39 is 11.6 Å². The Morgan fingerprint density at radius 3 is 3.00 bits per heavy atom. The van der Waals surface area contributed by atoms with Gasteiger partial charge in [-0.05, 0) is 58.8 Å². The fourth-order valence-electron chi connectivity index (χ4n) is 3.67. The Bertz CT molecular complexity index is 1060. The van der Waals surface area contributed by atoms with Crippen LogP contribution in [0.25, 0.3) is 10.8 Å². The van der Waals surface area contributed by atoms with Crippen LogP contribution in [0.5, 0.6) is 0 Å². The van der Waals surface area contributed by atoms with Gasteiger partial charge in [0.15, 0.2) is 0 Å². The summed E-state index contributed by atoms with van der Waals surface area (Å²) in [6.07, 6.45) is 2.42. The van der Waals surface area contributed by atoms with Crippen LogP contribution < -0.4 is 5.32 Å². The second-order valence-corrected chi connectivity index (χ2v) is 9.91. The summed E-state index contributed by atoms with van der Waals surface area (Å²) in [5.41, 5.74) is -0.0270. The van der Waals surface area contributed by atoms with Crippen LogP contribution >= 0.6 is 38.6 Å². The molecule has 1 aliphatic carbocycles. The minimum Gasteiger partial charge on any atom is -0.418 e. The van der Waals surface area contributed by atoms with Crippen LogP contribution in [0.2, 0.25) is 0 Å². The lowest BCUT2D eigenvalue weighted by Gasteiger charge is -2.31. The van der Waals surface area contributed by atoms with E-state index in [0.29, 0.717) is 12.3 Å². The number of halogens is 1. The van der Waals surface area contributed by atoms with Crippen molar-refractivity contribution in [2.45, 2.75) is 31.3 Å². The predicted molar refractivity (Wildman–Crippen MR) is 103 cm³/mol. The lowest BCUT2D eigenvalue weighted by atomic mass is 9.80. The molecule has 7 nitrogen and oxygen atoms in total. The fourth-order valence-corrected chi connectivity index (χ4v) is 5.97. The molecule has 0 saturated carbocycles. The molecule has 138 valence electrons. The number of carbonyl (C=O) groups is 2. The zero-order valence-corrected chi connectivity index (χ0v) is 17.1. The molecular formula is C17H13BrN4O3S2. The van der Waals surface area contributed by atoms with E-state index in [0.717, 1.165) is 27.1 Å².